The van der Waals surface area contributed by atoms with E-state index in [9.17, 15) is 0 Å². The molecule has 14 heavy (non-hydrogen) atoms. The molecule has 0 spiro atoms. The van der Waals surface area contributed by atoms with Gasteiger partial charge in [0.05, 0.1) is 0 Å². The highest BCUT2D eigenvalue weighted by atomic mass is 15.6. The summed E-state index contributed by atoms with van der Waals surface area (Å²) in [6, 6.07) is 0.504. The second kappa shape index (κ2) is 5.23. The van der Waals surface area contributed by atoms with Gasteiger partial charge in [0.2, 0.25) is 0 Å². The molecule has 0 aromatic heterocycles. The fraction of sp³-hybridized carbons (Fsp3) is 0.909. The van der Waals surface area contributed by atoms with E-state index in [0.29, 0.717) is 12.2 Å². The van der Waals surface area contributed by atoms with E-state index in [1.165, 1.54) is 19.3 Å². The number of hydrazone groups is 1. The van der Waals surface area contributed by atoms with Gasteiger partial charge in [-0.3, -0.25) is 5.01 Å². The van der Waals surface area contributed by atoms with E-state index >= 15 is 0 Å². The number of nitrogens with zero attached hydrogens (tertiary/aromatic N) is 3. The van der Waals surface area contributed by atoms with Gasteiger partial charge in [0.15, 0.2) is 0 Å². The molecule has 0 bridgehead atoms. The van der Waals surface area contributed by atoms with Crippen molar-refractivity contribution < 1.29 is 0 Å². The van der Waals surface area contributed by atoms with Crippen LogP contribution in [0.15, 0.2) is 5.10 Å². The monoisotopic (exact) mass is 197 g/mol. The Balaban J connectivity index is 2.55. The van der Waals surface area contributed by atoms with Crippen LogP contribution in [-0.4, -0.2) is 35.0 Å². The van der Waals surface area contributed by atoms with Gasteiger partial charge in [0.1, 0.15) is 12.5 Å². The zero-order valence-electron chi connectivity index (χ0n) is 9.90. The van der Waals surface area contributed by atoms with E-state index in [4.69, 9.17) is 0 Å². The molecular formula is C11H23N3. The van der Waals surface area contributed by atoms with Gasteiger partial charge in [0.25, 0.3) is 0 Å². The molecule has 3 nitrogen and oxygen atoms in total. The van der Waals surface area contributed by atoms with Gasteiger partial charge in [-0.2, -0.15) is 5.10 Å². The third-order valence-electron chi connectivity index (χ3n) is 2.73. The van der Waals surface area contributed by atoms with Crippen LogP contribution in [-0.2, 0) is 0 Å². The maximum Gasteiger partial charge on any atom is 0.119 e. The van der Waals surface area contributed by atoms with Gasteiger partial charge in [-0.15, -0.1) is 0 Å². The van der Waals surface area contributed by atoms with Gasteiger partial charge in [0, 0.05) is 12.6 Å². The highest BCUT2D eigenvalue weighted by Gasteiger charge is 2.27. The van der Waals surface area contributed by atoms with Crippen LogP contribution in [0.2, 0.25) is 0 Å². The van der Waals surface area contributed by atoms with E-state index in [1.807, 2.05) is 6.34 Å². The summed E-state index contributed by atoms with van der Waals surface area (Å²) in [4.78, 5) is 2.33. The molecule has 1 atom stereocenters. The Morgan fingerprint density at radius 2 is 2.07 bits per heavy atom. The van der Waals surface area contributed by atoms with Crippen molar-refractivity contribution >= 4 is 6.34 Å². The normalized spacial score (nSPS) is 21.4. The highest BCUT2D eigenvalue weighted by Crippen LogP contribution is 2.20. The molecule has 3 heteroatoms. The molecule has 0 radical (unpaired) electrons. The first-order valence-corrected chi connectivity index (χ1v) is 5.78. The minimum absolute atomic E-state index is 0.500. The molecule has 0 fully saturated rings. The van der Waals surface area contributed by atoms with E-state index in [-0.39, 0.29) is 0 Å². The molecule has 0 aliphatic carbocycles. The predicted octanol–water partition coefficient (Wildman–Crippen LogP) is 2.49. The number of unbranched alkanes of at least 4 members (excludes halogenated alkanes) is 1. The van der Waals surface area contributed by atoms with Crippen LogP contribution in [0, 0.1) is 0 Å². The minimum Gasteiger partial charge on any atom is -0.340 e. The summed E-state index contributed by atoms with van der Waals surface area (Å²) in [5, 5.41) is 6.68. The zero-order valence-corrected chi connectivity index (χ0v) is 9.90. The van der Waals surface area contributed by atoms with Crippen LogP contribution >= 0.6 is 0 Å². The summed E-state index contributed by atoms with van der Waals surface area (Å²) in [6.07, 6.45) is 6.26. The molecule has 0 aromatic carbocycles. The Hall–Kier alpha value is -0.730. The Morgan fingerprint density at radius 1 is 1.36 bits per heavy atom. The second-order valence-electron chi connectivity index (χ2n) is 4.16. The van der Waals surface area contributed by atoms with Gasteiger partial charge < -0.3 is 4.90 Å². The summed E-state index contributed by atoms with van der Waals surface area (Å²) in [6.45, 7) is 9.90. The van der Waals surface area contributed by atoms with Crippen LogP contribution in [0.1, 0.15) is 47.0 Å². The van der Waals surface area contributed by atoms with Crippen molar-refractivity contribution in [1.29, 1.82) is 0 Å². The molecule has 1 unspecified atom stereocenters. The van der Waals surface area contributed by atoms with Gasteiger partial charge in [-0.1, -0.05) is 13.3 Å². The summed E-state index contributed by atoms with van der Waals surface area (Å²) in [7, 11) is 0. The molecule has 0 saturated heterocycles. The highest BCUT2D eigenvalue weighted by molar-refractivity contribution is 5.57. The van der Waals surface area contributed by atoms with Crippen LogP contribution in [0.5, 0.6) is 0 Å². The first-order valence-electron chi connectivity index (χ1n) is 5.78. The molecular weight excluding hydrogens is 174 g/mol. The topological polar surface area (TPSA) is 18.8 Å². The summed E-state index contributed by atoms with van der Waals surface area (Å²) < 4.78 is 0. The molecule has 0 amide bonds. The van der Waals surface area contributed by atoms with Crippen molar-refractivity contribution in [2.75, 3.05) is 6.54 Å². The van der Waals surface area contributed by atoms with Crippen LogP contribution in [0.25, 0.3) is 0 Å². The lowest BCUT2D eigenvalue weighted by Gasteiger charge is -2.32. The Labute approximate surface area is 87.8 Å². The van der Waals surface area contributed by atoms with E-state index < -0.39 is 0 Å². The van der Waals surface area contributed by atoms with Crippen molar-refractivity contribution in [1.82, 2.24) is 9.91 Å². The second-order valence-corrected chi connectivity index (χ2v) is 4.16. The largest absolute Gasteiger partial charge is 0.340 e. The Kier molecular flexibility index (Phi) is 4.23. The molecule has 0 aromatic rings. The zero-order chi connectivity index (χ0) is 10.6. The lowest BCUT2D eigenvalue weighted by molar-refractivity contribution is 0.0931. The summed E-state index contributed by atoms with van der Waals surface area (Å²) in [5.41, 5.74) is 0. The summed E-state index contributed by atoms with van der Waals surface area (Å²) in [5.74, 6) is 0. The molecule has 1 aliphatic heterocycles. The van der Waals surface area contributed by atoms with Gasteiger partial charge >= 0.3 is 0 Å². The van der Waals surface area contributed by atoms with Crippen molar-refractivity contribution in [3.05, 3.63) is 0 Å². The van der Waals surface area contributed by atoms with Gasteiger partial charge in [-0.25, -0.2) is 0 Å². The maximum absolute atomic E-state index is 4.46. The lowest BCUT2D eigenvalue weighted by atomic mass is 10.2. The third-order valence-corrected chi connectivity index (χ3v) is 2.73. The number of rotatable bonds is 5. The third kappa shape index (κ3) is 2.40. The van der Waals surface area contributed by atoms with Crippen LogP contribution in [0.3, 0.4) is 0 Å². The Bertz CT molecular complexity index is 189. The van der Waals surface area contributed by atoms with Gasteiger partial charge in [-0.05, 0) is 33.6 Å². The van der Waals surface area contributed by atoms with Crippen LogP contribution in [0.4, 0.5) is 0 Å². The Morgan fingerprint density at radius 3 is 2.57 bits per heavy atom. The predicted molar refractivity (Wildman–Crippen MR) is 61.2 cm³/mol. The lowest BCUT2D eigenvalue weighted by Crippen LogP contribution is -2.42. The first kappa shape index (κ1) is 11.3. The number of hydrogen-bond acceptors (Lipinski definition) is 3. The minimum atomic E-state index is 0.500. The molecule has 82 valence electrons. The van der Waals surface area contributed by atoms with Crippen molar-refractivity contribution in [3.8, 4) is 0 Å². The van der Waals surface area contributed by atoms with Crippen molar-refractivity contribution in [3.63, 3.8) is 0 Å². The summed E-state index contributed by atoms with van der Waals surface area (Å²) >= 11 is 0. The SMILES string of the molecule is CCCCC1N(CC)C=NN1C(C)C. The fourth-order valence-corrected chi connectivity index (χ4v) is 1.89. The molecule has 1 rings (SSSR count). The average molecular weight is 197 g/mol. The van der Waals surface area contributed by atoms with E-state index in [2.05, 4.69) is 42.7 Å². The molecule has 1 aliphatic rings. The van der Waals surface area contributed by atoms with E-state index in [0.717, 1.165) is 6.54 Å². The first-order chi connectivity index (χ1) is 6.70. The average Bonchev–Trinajstić information content (AvgIpc) is 2.57. The molecule has 1 heterocycles. The smallest absolute Gasteiger partial charge is 0.119 e. The standard InChI is InChI=1S/C11H23N3/c1-5-7-8-11-13(6-2)9-12-14(11)10(3)4/h9-11H,5-8H2,1-4H3. The number of hydrogen-bond donors (Lipinski definition) is 0. The molecule has 0 N–H and O–H groups in total. The maximum atomic E-state index is 4.46. The molecule has 0 saturated carbocycles. The van der Waals surface area contributed by atoms with Crippen LogP contribution < -0.4 is 0 Å². The fourth-order valence-electron chi connectivity index (χ4n) is 1.89. The van der Waals surface area contributed by atoms with Crippen molar-refractivity contribution in [2.45, 2.75) is 59.2 Å². The quantitative estimate of drug-likeness (QED) is 0.674. The van der Waals surface area contributed by atoms with E-state index in [1.54, 1.807) is 0 Å². The van der Waals surface area contributed by atoms with Crippen molar-refractivity contribution in [2.24, 2.45) is 5.10 Å².